The van der Waals surface area contributed by atoms with Crippen LogP contribution in [0.25, 0.3) is 5.76 Å². The first-order valence-corrected chi connectivity index (χ1v) is 16.1. The molecule has 226 valence electrons. The second-order valence-electron chi connectivity index (χ2n) is 10.8. The maximum absolute atomic E-state index is 13.7. The summed E-state index contributed by atoms with van der Waals surface area (Å²) in [4.78, 5) is 28.7. The Morgan fingerprint density at radius 3 is 2.61 bits per heavy atom. The molecule has 4 aromatic rings. The van der Waals surface area contributed by atoms with Crippen molar-refractivity contribution in [2.24, 2.45) is 5.92 Å². The van der Waals surface area contributed by atoms with E-state index in [1.54, 1.807) is 24.3 Å². The van der Waals surface area contributed by atoms with E-state index in [2.05, 4.69) is 24.0 Å². The van der Waals surface area contributed by atoms with E-state index in [1.807, 2.05) is 48.5 Å². The van der Waals surface area contributed by atoms with Gasteiger partial charge in [0.25, 0.3) is 5.78 Å². The molecule has 1 atom stereocenters. The number of nitrogens with zero attached hydrogens (tertiary/aromatic N) is 3. The molecular weight excluding hydrogens is 599 g/mol. The van der Waals surface area contributed by atoms with Gasteiger partial charge < -0.3 is 19.3 Å². The molecule has 44 heavy (non-hydrogen) atoms. The number of carbonyl (C=O) groups is 2. The molecule has 1 aromatic heterocycles. The number of ketones is 1. The summed E-state index contributed by atoms with van der Waals surface area (Å²) in [6, 6.07) is 21.2. The van der Waals surface area contributed by atoms with Crippen LogP contribution < -0.4 is 19.1 Å². The van der Waals surface area contributed by atoms with E-state index < -0.39 is 17.7 Å². The summed E-state index contributed by atoms with van der Waals surface area (Å²) < 4.78 is 18.0. The van der Waals surface area contributed by atoms with Crippen molar-refractivity contribution >= 4 is 45.7 Å². The van der Waals surface area contributed by atoms with E-state index in [0.717, 1.165) is 12.0 Å². The molecule has 1 saturated heterocycles. The number of hydrogen-bond donors (Lipinski definition) is 1. The molecule has 3 aromatic carbocycles. The highest BCUT2D eigenvalue weighted by Gasteiger charge is 2.48. The second kappa shape index (κ2) is 13.1. The highest BCUT2D eigenvalue weighted by Crippen LogP contribution is 2.45. The summed E-state index contributed by atoms with van der Waals surface area (Å²) in [5.74, 6) is 0.825. The van der Waals surface area contributed by atoms with Crippen LogP contribution in [-0.2, 0) is 15.3 Å². The molecule has 3 heterocycles. The zero-order valence-corrected chi connectivity index (χ0v) is 25.9. The lowest BCUT2D eigenvalue weighted by Crippen LogP contribution is -2.29. The smallest absolute Gasteiger partial charge is 0.301 e. The number of thioether (sulfide) groups is 1. The average molecular weight is 630 g/mol. The summed E-state index contributed by atoms with van der Waals surface area (Å²) in [6.07, 6.45) is 0.876. The summed E-state index contributed by atoms with van der Waals surface area (Å²) in [7, 11) is 0. The lowest BCUT2D eigenvalue weighted by molar-refractivity contribution is -0.132. The largest absolute Gasteiger partial charge is 0.507 e. The van der Waals surface area contributed by atoms with Gasteiger partial charge in [-0.3, -0.25) is 14.5 Å². The van der Waals surface area contributed by atoms with Crippen molar-refractivity contribution in [3.8, 4) is 17.2 Å². The molecule has 0 saturated carbocycles. The van der Waals surface area contributed by atoms with Crippen LogP contribution in [-0.4, -0.2) is 46.8 Å². The number of anilines is 1. The zero-order valence-electron chi connectivity index (χ0n) is 24.3. The quantitative estimate of drug-likeness (QED) is 0.0677. The van der Waals surface area contributed by atoms with Crippen LogP contribution in [0.1, 0.15) is 43.0 Å². The third-order valence-corrected chi connectivity index (χ3v) is 9.33. The number of Topliss-reactive ketones (excluding diaryl/α,β-unsaturated/α-hetero) is 1. The van der Waals surface area contributed by atoms with Crippen molar-refractivity contribution in [1.29, 1.82) is 0 Å². The van der Waals surface area contributed by atoms with Gasteiger partial charge in [-0.25, -0.2) is 0 Å². The standard InChI is InChI=1S/C33H31N3O6S2/c1-20(2)13-14-40-24-10-6-9-22(17-24)28-27(29(37)23-11-12-25-26(18-23)42-16-15-41-25)30(38)31(39)36(28)32-34-35-33(44-32)43-19-21-7-4-3-5-8-21/h3-12,17-18,20,28,37H,13-16,19H2,1-2H3/b29-27+/t28-/m0/s1. The first-order valence-electron chi connectivity index (χ1n) is 14.3. The van der Waals surface area contributed by atoms with Crippen molar-refractivity contribution in [2.75, 3.05) is 24.7 Å². The Bertz CT molecular complexity index is 1700. The minimum absolute atomic E-state index is 0.0558. The van der Waals surface area contributed by atoms with E-state index in [9.17, 15) is 14.7 Å². The number of ether oxygens (including phenoxy) is 3. The monoisotopic (exact) mass is 629 g/mol. The molecule has 9 nitrogen and oxygen atoms in total. The molecule has 1 N–H and O–H groups in total. The van der Waals surface area contributed by atoms with E-state index in [1.165, 1.54) is 28.0 Å². The maximum atomic E-state index is 13.7. The number of aromatic nitrogens is 2. The fourth-order valence-corrected chi connectivity index (χ4v) is 6.78. The first kappa shape index (κ1) is 29.7. The van der Waals surface area contributed by atoms with E-state index >= 15 is 0 Å². The van der Waals surface area contributed by atoms with Gasteiger partial charge in [-0.2, -0.15) is 0 Å². The van der Waals surface area contributed by atoms with Crippen LogP contribution in [0.2, 0.25) is 0 Å². The second-order valence-corrected chi connectivity index (χ2v) is 12.9. The molecule has 0 aliphatic carbocycles. The highest BCUT2D eigenvalue weighted by molar-refractivity contribution is 8.00. The molecule has 6 rings (SSSR count). The fraction of sp³-hybridized carbons (Fsp3) is 0.273. The van der Waals surface area contributed by atoms with Gasteiger partial charge in [0.15, 0.2) is 15.8 Å². The Balaban J connectivity index is 1.39. The van der Waals surface area contributed by atoms with Gasteiger partial charge in [-0.05, 0) is 53.8 Å². The summed E-state index contributed by atoms with van der Waals surface area (Å²) in [6.45, 7) is 5.56. The van der Waals surface area contributed by atoms with Gasteiger partial charge in [0.2, 0.25) is 5.13 Å². The third-order valence-electron chi connectivity index (χ3n) is 7.20. The Kier molecular flexibility index (Phi) is 8.85. The molecule has 1 fully saturated rings. The van der Waals surface area contributed by atoms with Gasteiger partial charge >= 0.3 is 5.91 Å². The van der Waals surface area contributed by atoms with Crippen molar-refractivity contribution < 1.29 is 28.9 Å². The number of amides is 1. The zero-order chi connectivity index (χ0) is 30.6. The predicted octanol–water partition coefficient (Wildman–Crippen LogP) is 6.65. The van der Waals surface area contributed by atoms with E-state index in [4.69, 9.17) is 14.2 Å². The number of carbonyl (C=O) groups excluding carboxylic acids is 2. The van der Waals surface area contributed by atoms with E-state index in [0.29, 0.717) is 64.2 Å². The Labute approximate surface area is 263 Å². The maximum Gasteiger partial charge on any atom is 0.301 e. The van der Waals surface area contributed by atoms with Gasteiger partial charge in [0.1, 0.15) is 24.7 Å². The molecule has 0 unspecified atom stereocenters. The molecule has 1 amide bonds. The molecule has 2 aliphatic heterocycles. The lowest BCUT2D eigenvalue weighted by atomic mass is 9.95. The summed E-state index contributed by atoms with van der Waals surface area (Å²) in [5, 5.41) is 20.5. The molecular formula is C33H31N3O6S2. The van der Waals surface area contributed by atoms with Gasteiger partial charge in [0.05, 0.1) is 18.2 Å². The Morgan fingerprint density at radius 1 is 1.02 bits per heavy atom. The lowest BCUT2D eigenvalue weighted by Gasteiger charge is -2.23. The van der Waals surface area contributed by atoms with Crippen LogP contribution in [0.5, 0.6) is 17.2 Å². The van der Waals surface area contributed by atoms with Gasteiger partial charge in [-0.1, -0.05) is 79.4 Å². The number of aliphatic hydroxyl groups is 1. The molecule has 0 bridgehead atoms. The Hall–Kier alpha value is -4.35. The van der Waals surface area contributed by atoms with Crippen molar-refractivity contribution in [3.05, 3.63) is 95.1 Å². The summed E-state index contributed by atoms with van der Waals surface area (Å²) in [5.41, 5.74) is 2.00. The van der Waals surface area contributed by atoms with Gasteiger partial charge in [-0.15, -0.1) is 10.2 Å². The molecule has 11 heteroatoms. The van der Waals surface area contributed by atoms with Crippen molar-refractivity contribution in [3.63, 3.8) is 0 Å². The fourth-order valence-electron chi connectivity index (χ4n) is 4.96. The topological polar surface area (TPSA) is 111 Å². The SMILES string of the molecule is CC(C)CCOc1cccc([C@H]2/C(=C(\O)c3ccc4c(c3)OCCO4)C(=O)C(=O)N2c2nnc(SCc3ccccc3)s2)c1. The molecule has 0 spiro atoms. The molecule has 0 radical (unpaired) electrons. The van der Waals surface area contributed by atoms with Crippen LogP contribution in [0.3, 0.4) is 0 Å². The number of hydrogen-bond acceptors (Lipinski definition) is 10. The number of rotatable bonds is 10. The van der Waals surface area contributed by atoms with Crippen LogP contribution in [0.4, 0.5) is 5.13 Å². The highest BCUT2D eigenvalue weighted by atomic mass is 32.2. The minimum atomic E-state index is -0.961. The van der Waals surface area contributed by atoms with Crippen molar-refractivity contribution in [2.45, 2.75) is 36.4 Å². The van der Waals surface area contributed by atoms with Gasteiger partial charge in [0, 0.05) is 11.3 Å². The van der Waals surface area contributed by atoms with Crippen LogP contribution in [0, 0.1) is 5.92 Å². The number of fused-ring (bicyclic) bond motifs is 1. The van der Waals surface area contributed by atoms with E-state index in [-0.39, 0.29) is 16.5 Å². The van der Waals surface area contributed by atoms with Crippen LogP contribution in [0.15, 0.2) is 82.7 Å². The van der Waals surface area contributed by atoms with Crippen molar-refractivity contribution in [1.82, 2.24) is 10.2 Å². The predicted molar refractivity (Wildman–Crippen MR) is 170 cm³/mol. The normalized spacial score (nSPS) is 17.3. The minimum Gasteiger partial charge on any atom is -0.507 e. The number of aliphatic hydroxyl groups excluding tert-OH is 1. The Morgan fingerprint density at radius 2 is 1.82 bits per heavy atom. The number of benzene rings is 3. The first-order chi connectivity index (χ1) is 21.4. The summed E-state index contributed by atoms with van der Waals surface area (Å²) >= 11 is 2.72. The third kappa shape index (κ3) is 6.29. The molecule has 2 aliphatic rings. The van der Waals surface area contributed by atoms with Crippen LogP contribution >= 0.6 is 23.1 Å². The average Bonchev–Trinajstić information content (AvgIpc) is 3.61.